The highest BCUT2D eigenvalue weighted by Gasteiger charge is 2.39. The molecule has 2 aromatic rings. The Labute approximate surface area is 176 Å². The molecular weight excluding hydrogens is 381 g/mol. The highest BCUT2D eigenvalue weighted by Crippen LogP contribution is 2.41. The van der Waals surface area contributed by atoms with Crippen LogP contribution in [0, 0.1) is 11.7 Å². The van der Waals surface area contributed by atoms with Gasteiger partial charge in [-0.05, 0) is 37.3 Å². The fraction of sp³-hybridized carbons (Fsp3) is 0.500. The topological polar surface area (TPSA) is 45.6 Å². The molecule has 0 N–H and O–H groups in total. The number of carbonyl (C=O) groups is 1. The molecule has 2 unspecified atom stereocenters. The number of halogens is 1. The first-order valence-electron chi connectivity index (χ1n) is 11.0. The quantitative estimate of drug-likeness (QED) is 0.766. The lowest BCUT2D eigenvalue weighted by atomic mass is 9.79. The van der Waals surface area contributed by atoms with Gasteiger partial charge in [-0.3, -0.25) is 14.5 Å². The van der Waals surface area contributed by atoms with Crippen LogP contribution in [0.2, 0.25) is 0 Å². The van der Waals surface area contributed by atoms with E-state index >= 15 is 0 Å². The summed E-state index contributed by atoms with van der Waals surface area (Å²) in [5.41, 5.74) is 2.44. The van der Waals surface area contributed by atoms with E-state index in [1.165, 1.54) is 6.07 Å². The Morgan fingerprint density at radius 3 is 2.50 bits per heavy atom. The molecule has 5 nitrogen and oxygen atoms in total. The molecule has 1 aromatic carbocycles. The van der Waals surface area contributed by atoms with Gasteiger partial charge in [-0.1, -0.05) is 18.2 Å². The van der Waals surface area contributed by atoms with E-state index < -0.39 is 0 Å². The minimum atomic E-state index is -0.245. The van der Waals surface area contributed by atoms with Crippen LogP contribution < -0.4 is 5.56 Å². The van der Waals surface area contributed by atoms with Gasteiger partial charge in [0.2, 0.25) is 5.91 Å². The first-order valence-corrected chi connectivity index (χ1v) is 11.0. The number of amides is 1. The van der Waals surface area contributed by atoms with Crippen LogP contribution in [-0.4, -0.2) is 52.5 Å². The Morgan fingerprint density at radius 1 is 1.00 bits per heavy atom. The van der Waals surface area contributed by atoms with E-state index in [9.17, 15) is 14.0 Å². The number of fused-ring (bicyclic) bond motifs is 4. The fourth-order valence-corrected chi connectivity index (χ4v) is 5.80. The number of rotatable bonds is 2. The van der Waals surface area contributed by atoms with Crippen LogP contribution in [0.25, 0.3) is 11.1 Å². The van der Waals surface area contributed by atoms with Crippen molar-refractivity contribution in [1.29, 1.82) is 0 Å². The molecule has 3 aliphatic heterocycles. The van der Waals surface area contributed by atoms with Gasteiger partial charge in [-0.25, -0.2) is 4.39 Å². The van der Waals surface area contributed by atoms with Crippen LogP contribution in [0.1, 0.15) is 37.8 Å². The van der Waals surface area contributed by atoms with Crippen LogP contribution >= 0.6 is 0 Å². The minimum Gasteiger partial charge on any atom is -0.343 e. The summed E-state index contributed by atoms with van der Waals surface area (Å²) in [4.78, 5) is 28.8. The standard InChI is InChI=1S/C24H28FN3O2/c1-16(29)26-10-8-19(9-11-26)27-13-17-12-18(15-27)24-21(6-7-23(30)28(24)14-17)20-4-2-3-5-22(20)25/h2-7,17-19H,8-15H2,1H3. The predicted molar refractivity (Wildman–Crippen MR) is 114 cm³/mol. The van der Waals surface area contributed by atoms with Gasteiger partial charge >= 0.3 is 0 Å². The summed E-state index contributed by atoms with van der Waals surface area (Å²) in [5, 5.41) is 0. The van der Waals surface area contributed by atoms with Gasteiger partial charge in [0, 0.05) is 74.5 Å². The average molecular weight is 410 g/mol. The minimum absolute atomic E-state index is 0.0167. The lowest BCUT2D eigenvalue weighted by Crippen LogP contribution is -2.53. The van der Waals surface area contributed by atoms with Gasteiger partial charge in [-0.2, -0.15) is 0 Å². The number of likely N-dealkylation sites (tertiary alicyclic amines) is 2. The zero-order valence-electron chi connectivity index (χ0n) is 17.4. The van der Waals surface area contributed by atoms with Gasteiger partial charge in [0.25, 0.3) is 5.56 Å². The normalized spacial score (nSPS) is 24.5. The molecule has 0 spiro atoms. The highest BCUT2D eigenvalue weighted by molar-refractivity contribution is 5.73. The number of benzene rings is 1. The second-order valence-electron chi connectivity index (χ2n) is 9.05. The van der Waals surface area contributed by atoms with E-state index in [4.69, 9.17) is 0 Å². The number of carbonyl (C=O) groups excluding carboxylic acids is 1. The molecule has 3 aliphatic rings. The van der Waals surface area contributed by atoms with Gasteiger partial charge in [-0.15, -0.1) is 0 Å². The summed E-state index contributed by atoms with van der Waals surface area (Å²) in [6, 6.07) is 10.7. The Bertz CT molecular complexity index is 1030. The second kappa shape index (κ2) is 7.65. The average Bonchev–Trinajstić information content (AvgIpc) is 2.75. The smallest absolute Gasteiger partial charge is 0.250 e. The predicted octanol–water partition coefficient (Wildman–Crippen LogP) is 3.08. The van der Waals surface area contributed by atoms with Crippen molar-refractivity contribution < 1.29 is 9.18 Å². The number of hydrogen-bond acceptors (Lipinski definition) is 3. The molecule has 2 fully saturated rings. The third-order valence-corrected chi connectivity index (χ3v) is 7.21. The fourth-order valence-electron chi connectivity index (χ4n) is 5.80. The monoisotopic (exact) mass is 409 g/mol. The molecule has 0 aliphatic carbocycles. The zero-order valence-corrected chi connectivity index (χ0v) is 17.4. The molecule has 0 radical (unpaired) electrons. The number of nitrogens with zero attached hydrogens (tertiary/aromatic N) is 3. The molecule has 2 atom stereocenters. The molecule has 2 bridgehead atoms. The molecule has 30 heavy (non-hydrogen) atoms. The van der Waals surface area contributed by atoms with Crippen molar-refractivity contribution in [3.63, 3.8) is 0 Å². The Balaban J connectivity index is 1.46. The highest BCUT2D eigenvalue weighted by atomic mass is 19.1. The van der Waals surface area contributed by atoms with Crippen molar-refractivity contribution in [2.45, 2.75) is 44.7 Å². The van der Waals surface area contributed by atoms with E-state index in [1.54, 1.807) is 31.2 Å². The number of hydrogen-bond donors (Lipinski definition) is 0. The van der Waals surface area contributed by atoms with Crippen LogP contribution in [-0.2, 0) is 11.3 Å². The number of pyridine rings is 1. The summed E-state index contributed by atoms with van der Waals surface area (Å²) >= 11 is 0. The van der Waals surface area contributed by atoms with Crippen LogP contribution in [0.4, 0.5) is 4.39 Å². The molecule has 6 heteroatoms. The van der Waals surface area contributed by atoms with E-state index in [0.29, 0.717) is 24.1 Å². The molecule has 158 valence electrons. The lowest BCUT2D eigenvalue weighted by molar-refractivity contribution is -0.130. The van der Waals surface area contributed by atoms with Gasteiger partial charge in [0.1, 0.15) is 5.82 Å². The Hall–Kier alpha value is -2.47. The first kappa shape index (κ1) is 19.5. The largest absolute Gasteiger partial charge is 0.343 e. The van der Waals surface area contributed by atoms with Crippen LogP contribution in [0.5, 0.6) is 0 Å². The lowest BCUT2D eigenvalue weighted by Gasteiger charge is -2.48. The van der Waals surface area contributed by atoms with E-state index in [1.807, 2.05) is 15.5 Å². The molecule has 2 saturated heterocycles. The van der Waals surface area contributed by atoms with E-state index in [-0.39, 0.29) is 23.2 Å². The van der Waals surface area contributed by atoms with Crippen molar-refractivity contribution >= 4 is 5.91 Å². The maximum atomic E-state index is 14.6. The van der Waals surface area contributed by atoms with Gasteiger partial charge in [0.15, 0.2) is 0 Å². The van der Waals surface area contributed by atoms with Gasteiger partial charge in [0.05, 0.1) is 0 Å². The SMILES string of the molecule is CC(=O)N1CCC(N2CC3CC(C2)c2c(-c4ccccc4F)ccc(=O)n2C3)CC1. The molecule has 1 aromatic heterocycles. The van der Waals surface area contributed by atoms with Crippen molar-refractivity contribution in [2.75, 3.05) is 26.2 Å². The molecule has 4 heterocycles. The summed E-state index contributed by atoms with van der Waals surface area (Å²) in [6.45, 7) is 5.88. The third kappa shape index (κ3) is 3.37. The zero-order chi connectivity index (χ0) is 20.8. The van der Waals surface area contributed by atoms with Crippen LogP contribution in [0.3, 0.4) is 0 Å². The summed E-state index contributed by atoms with van der Waals surface area (Å²) in [5.74, 6) is 0.583. The van der Waals surface area contributed by atoms with Crippen molar-refractivity contribution in [3.05, 3.63) is 58.3 Å². The Morgan fingerprint density at radius 2 is 1.77 bits per heavy atom. The maximum absolute atomic E-state index is 14.6. The maximum Gasteiger partial charge on any atom is 0.250 e. The summed E-state index contributed by atoms with van der Waals surface area (Å²) in [7, 11) is 0. The molecule has 0 saturated carbocycles. The van der Waals surface area contributed by atoms with Crippen LogP contribution in [0.15, 0.2) is 41.2 Å². The summed E-state index contributed by atoms with van der Waals surface area (Å²) in [6.07, 6.45) is 3.05. The van der Waals surface area contributed by atoms with Crippen molar-refractivity contribution in [3.8, 4) is 11.1 Å². The van der Waals surface area contributed by atoms with Crippen molar-refractivity contribution in [2.24, 2.45) is 5.92 Å². The van der Waals surface area contributed by atoms with E-state index in [0.717, 1.165) is 56.7 Å². The molecule has 5 rings (SSSR count). The molecular formula is C24H28FN3O2. The number of piperidine rings is 2. The Kier molecular flexibility index (Phi) is 4.97. The summed E-state index contributed by atoms with van der Waals surface area (Å²) < 4.78 is 16.5. The van der Waals surface area contributed by atoms with E-state index in [2.05, 4.69) is 4.90 Å². The second-order valence-corrected chi connectivity index (χ2v) is 9.05. The first-order chi connectivity index (χ1) is 14.5. The van der Waals surface area contributed by atoms with Crippen molar-refractivity contribution in [1.82, 2.24) is 14.4 Å². The van der Waals surface area contributed by atoms with Gasteiger partial charge < -0.3 is 9.47 Å². The number of aromatic nitrogens is 1. The third-order valence-electron chi connectivity index (χ3n) is 7.21. The molecule has 1 amide bonds.